The van der Waals surface area contributed by atoms with E-state index in [0.29, 0.717) is 6.54 Å². The first-order chi connectivity index (χ1) is 11.9. The van der Waals surface area contributed by atoms with Crippen LogP contribution in [0.4, 0.5) is 0 Å². The van der Waals surface area contributed by atoms with Crippen LogP contribution in [0.15, 0.2) is 34.5 Å². The standard InChI is InChI=1S/C18H23ClN2O3S2/c1-12-8-9-25-15(12)11-21(5)17(22)13-6-7-14(19)16(10-13)26(23,24)20-18(2,3)4/h6-10,20H,11H2,1-5H3. The van der Waals surface area contributed by atoms with Gasteiger partial charge in [-0.2, -0.15) is 0 Å². The lowest BCUT2D eigenvalue weighted by atomic mass is 10.1. The molecule has 1 amide bonds. The van der Waals surface area contributed by atoms with E-state index >= 15 is 0 Å². The number of hydrogen-bond donors (Lipinski definition) is 1. The van der Waals surface area contributed by atoms with E-state index in [1.165, 1.54) is 12.1 Å². The third kappa shape index (κ3) is 5.07. The van der Waals surface area contributed by atoms with Crippen molar-refractivity contribution in [3.05, 3.63) is 50.7 Å². The van der Waals surface area contributed by atoms with Crippen molar-refractivity contribution in [3.63, 3.8) is 0 Å². The van der Waals surface area contributed by atoms with Crippen LogP contribution in [0.5, 0.6) is 0 Å². The second-order valence-electron chi connectivity index (χ2n) is 7.19. The topological polar surface area (TPSA) is 66.5 Å². The van der Waals surface area contributed by atoms with Crippen LogP contribution in [0, 0.1) is 6.92 Å². The summed E-state index contributed by atoms with van der Waals surface area (Å²) in [6, 6.07) is 6.31. The predicted octanol–water partition coefficient (Wildman–Crippen LogP) is 4.06. The van der Waals surface area contributed by atoms with Crippen molar-refractivity contribution in [1.82, 2.24) is 9.62 Å². The van der Waals surface area contributed by atoms with Gasteiger partial charge in [0.1, 0.15) is 4.90 Å². The number of hydrogen-bond acceptors (Lipinski definition) is 4. The average Bonchev–Trinajstić information content (AvgIpc) is 2.89. The van der Waals surface area contributed by atoms with Crippen molar-refractivity contribution in [3.8, 4) is 0 Å². The lowest BCUT2D eigenvalue weighted by Crippen LogP contribution is -2.40. The Morgan fingerprint density at radius 3 is 2.46 bits per heavy atom. The third-order valence-electron chi connectivity index (χ3n) is 3.60. The summed E-state index contributed by atoms with van der Waals surface area (Å²) in [4.78, 5) is 15.3. The number of rotatable bonds is 5. The molecule has 1 aromatic carbocycles. The molecule has 0 aliphatic carbocycles. The minimum atomic E-state index is -3.84. The Hall–Kier alpha value is -1.41. The van der Waals surface area contributed by atoms with Crippen molar-refractivity contribution in [1.29, 1.82) is 0 Å². The average molecular weight is 415 g/mol. The third-order valence-corrected chi connectivity index (χ3v) is 6.85. The van der Waals surface area contributed by atoms with Crippen molar-refractivity contribution in [2.24, 2.45) is 0 Å². The summed E-state index contributed by atoms with van der Waals surface area (Å²) in [5.41, 5.74) is 0.749. The Balaban J connectivity index is 2.31. The number of aryl methyl sites for hydroxylation is 1. The van der Waals surface area contributed by atoms with Crippen molar-refractivity contribution < 1.29 is 13.2 Å². The van der Waals surface area contributed by atoms with Gasteiger partial charge in [0.25, 0.3) is 5.91 Å². The smallest absolute Gasteiger partial charge is 0.253 e. The molecule has 26 heavy (non-hydrogen) atoms. The van der Waals surface area contributed by atoms with Crippen molar-refractivity contribution in [2.45, 2.75) is 44.7 Å². The number of nitrogens with one attached hydrogen (secondary N) is 1. The van der Waals surface area contributed by atoms with Gasteiger partial charge < -0.3 is 4.90 Å². The van der Waals surface area contributed by atoms with Crippen molar-refractivity contribution in [2.75, 3.05) is 7.05 Å². The summed E-state index contributed by atoms with van der Waals surface area (Å²) in [7, 11) is -2.15. The molecule has 142 valence electrons. The lowest BCUT2D eigenvalue weighted by Gasteiger charge is -2.21. The number of nitrogens with zero attached hydrogens (tertiary/aromatic N) is 1. The molecule has 0 fully saturated rings. The van der Waals surface area contributed by atoms with Gasteiger partial charge in [-0.1, -0.05) is 11.6 Å². The molecule has 1 heterocycles. The minimum absolute atomic E-state index is 0.0788. The Kier molecular flexibility index (Phi) is 6.17. The fourth-order valence-corrected chi connectivity index (χ4v) is 5.28. The van der Waals surface area contributed by atoms with Gasteiger partial charge in [-0.25, -0.2) is 13.1 Å². The number of sulfonamides is 1. The molecule has 0 aliphatic heterocycles. The zero-order valence-electron chi connectivity index (χ0n) is 15.5. The molecule has 5 nitrogen and oxygen atoms in total. The molecule has 8 heteroatoms. The first-order valence-electron chi connectivity index (χ1n) is 8.03. The highest BCUT2D eigenvalue weighted by atomic mass is 35.5. The fraction of sp³-hybridized carbons (Fsp3) is 0.389. The molecule has 0 radical (unpaired) electrons. The second kappa shape index (κ2) is 7.68. The number of carbonyl (C=O) groups is 1. The largest absolute Gasteiger partial charge is 0.337 e. The van der Waals surface area contributed by atoms with E-state index in [1.54, 1.807) is 50.1 Å². The molecule has 2 rings (SSSR count). The highest BCUT2D eigenvalue weighted by Crippen LogP contribution is 2.25. The predicted molar refractivity (Wildman–Crippen MR) is 106 cm³/mol. The van der Waals surface area contributed by atoms with Crippen LogP contribution in [0.25, 0.3) is 0 Å². The molecule has 1 N–H and O–H groups in total. The quantitative estimate of drug-likeness (QED) is 0.802. The van der Waals surface area contributed by atoms with Crippen LogP contribution in [0.1, 0.15) is 41.6 Å². The van der Waals surface area contributed by atoms with Gasteiger partial charge in [0.2, 0.25) is 10.0 Å². The maximum atomic E-state index is 12.7. The molecule has 0 unspecified atom stereocenters. The molecule has 0 spiro atoms. The summed E-state index contributed by atoms with van der Waals surface area (Å²) in [5, 5.41) is 2.06. The number of thiophene rings is 1. The van der Waals surface area contributed by atoms with E-state index in [2.05, 4.69) is 4.72 Å². The summed E-state index contributed by atoms with van der Waals surface area (Å²) in [6.45, 7) is 7.68. The highest BCUT2D eigenvalue weighted by molar-refractivity contribution is 7.89. The second-order valence-corrected chi connectivity index (χ2v) is 10.2. The fourth-order valence-electron chi connectivity index (χ4n) is 2.37. The monoisotopic (exact) mass is 414 g/mol. The SMILES string of the molecule is Cc1ccsc1CN(C)C(=O)c1ccc(Cl)c(S(=O)(=O)NC(C)(C)C)c1. The van der Waals surface area contributed by atoms with Gasteiger partial charge in [-0.15, -0.1) is 11.3 Å². The van der Waals surface area contributed by atoms with Crippen LogP contribution in [-0.4, -0.2) is 31.8 Å². The van der Waals surface area contributed by atoms with Gasteiger partial charge in [0, 0.05) is 23.0 Å². The maximum absolute atomic E-state index is 12.7. The molecule has 0 aliphatic rings. The lowest BCUT2D eigenvalue weighted by molar-refractivity contribution is 0.0786. The summed E-state index contributed by atoms with van der Waals surface area (Å²) < 4.78 is 27.7. The molecule has 2 aromatic rings. The van der Waals surface area contributed by atoms with Gasteiger partial charge in [0.05, 0.1) is 11.6 Å². The van der Waals surface area contributed by atoms with Crippen LogP contribution in [0.3, 0.4) is 0 Å². The van der Waals surface area contributed by atoms with Crippen LogP contribution < -0.4 is 4.72 Å². The molecule has 0 saturated carbocycles. The molecule has 0 atom stereocenters. The maximum Gasteiger partial charge on any atom is 0.253 e. The first kappa shape index (κ1) is 20.9. The van der Waals surface area contributed by atoms with Gasteiger partial charge >= 0.3 is 0 Å². The summed E-state index contributed by atoms with van der Waals surface area (Å²) >= 11 is 7.67. The van der Waals surface area contributed by atoms with E-state index in [4.69, 9.17) is 11.6 Å². The van der Waals surface area contributed by atoms with Crippen LogP contribution in [-0.2, 0) is 16.6 Å². The van der Waals surface area contributed by atoms with Crippen LogP contribution >= 0.6 is 22.9 Å². The first-order valence-corrected chi connectivity index (χ1v) is 10.8. The molecular weight excluding hydrogens is 392 g/mol. The Morgan fingerprint density at radius 1 is 1.27 bits per heavy atom. The van der Waals surface area contributed by atoms with Crippen LogP contribution in [0.2, 0.25) is 5.02 Å². The number of amides is 1. The Morgan fingerprint density at radius 2 is 1.92 bits per heavy atom. The van der Waals surface area contributed by atoms with E-state index in [0.717, 1.165) is 10.4 Å². The molecule has 1 aromatic heterocycles. The summed E-state index contributed by atoms with van der Waals surface area (Å²) in [6.07, 6.45) is 0. The number of carbonyl (C=O) groups excluding carboxylic acids is 1. The van der Waals surface area contributed by atoms with E-state index in [-0.39, 0.29) is 21.4 Å². The minimum Gasteiger partial charge on any atom is -0.337 e. The van der Waals surface area contributed by atoms with Gasteiger partial charge in [-0.3, -0.25) is 4.79 Å². The van der Waals surface area contributed by atoms with E-state index in [1.807, 2.05) is 18.4 Å². The number of halogens is 1. The summed E-state index contributed by atoms with van der Waals surface area (Å²) in [5.74, 6) is -0.262. The molecular formula is C18H23ClN2O3S2. The van der Waals surface area contributed by atoms with Crippen molar-refractivity contribution >= 4 is 38.9 Å². The van der Waals surface area contributed by atoms with E-state index < -0.39 is 15.6 Å². The van der Waals surface area contributed by atoms with Gasteiger partial charge in [-0.05, 0) is 62.9 Å². The normalized spacial score (nSPS) is 12.2. The van der Waals surface area contributed by atoms with Gasteiger partial charge in [0.15, 0.2) is 0 Å². The Labute approximate surface area is 164 Å². The molecule has 0 bridgehead atoms. The number of benzene rings is 1. The zero-order valence-corrected chi connectivity index (χ0v) is 17.8. The zero-order chi connectivity index (χ0) is 19.7. The Bertz CT molecular complexity index is 915. The highest BCUT2D eigenvalue weighted by Gasteiger charge is 2.26. The van der Waals surface area contributed by atoms with E-state index in [9.17, 15) is 13.2 Å². The molecule has 0 saturated heterocycles.